The van der Waals surface area contributed by atoms with Crippen LogP contribution in [0.25, 0.3) is 16.0 Å². The van der Waals surface area contributed by atoms with Crippen molar-refractivity contribution in [2.45, 2.75) is 32.7 Å². The maximum atomic E-state index is 13.5. The Balaban J connectivity index is 1.68. The van der Waals surface area contributed by atoms with E-state index in [1.165, 1.54) is 16.2 Å². The Labute approximate surface area is 223 Å². The molecule has 1 N–H and O–H groups in total. The number of carbonyl (C=O) groups is 2. The Bertz CT molecular complexity index is 1530. The van der Waals surface area contributed by atoms with E-state index in [2.05, 4.69) is 11.9 Å². The number of nitrogens with zero attached hydrogens (tertiary/aromatic N) is 2. The van der Waals surface area contributed by atoms with E-state index in [1.54, 1.807) is 42.5 Å². The molecular formula is C29H25ClN2O4S. The van der Waals surface area contributed by atoms with E-state index in [4.69, 9.17) is 16.3 Å². The van der Waals surface area contributed by atoms with E-state index in [9.17, 15) is 14.7 Å². The van der Waals surface area contributed by atoms with Crippen molar-refractivity contribution in [2.75, 3.05) is 11.5 Å². The average molecular weight is 533 g/mol. The van der Waals surface area contributed by atoms with Gasteiger partial charge in [-0.2, -0.15) is 0 Å². The second kappa shape index (κ2) is 10.4. The molecule has 0 spiro atoms. The smallest absolute Gasteiger partial charge is 0.301 e. The maximum absolute atomic E-state index is 13.5. The van der Waals surface area contributed by atoms with E-state index in [0.717, 1.165) is 23.1 Å². The van der Waals surface area contributed by atoms with Crippen LogP contribution in [0.5, 0.6) is 5.75 Å². The third-order valence-electron chi connectivity index (χ3n) is 6.27. The van der Waals surface area contributed by atoms with Crippen molar-refractivity contribution < 1.29 is 19.4 Å². The molecule has 1 aromatic heterocycles. The summed E-state index contributed by atoms with van der Waals surface area (Å²) >= 11 is 7.44. The van der Waals surface area contributed by atoms with E-state index in [1.807, 2.05) is 31.2 Å². The number of carbonyl (C=O) groups excluding carboxylic acids is 2. The fourth-order valence-corrected chi connectivity index (χ4v) is 5.65. The van der Waals surface area contributed by atoms with Crippen molar-refractivity contribution in [2.24, 2.45) is 0 Å². The van der Waals surface area contributed by atoms with Crippen molar-refractivity contribution >= 4 is 55.7 Å². The highest BCUT2D eigenvalue weighted by Crippen LogP contribution is 2.44. The number of anilines is 1. The van der Waals surface area contributed by atoms with Gasteiger partial charge in [0.15, 0.2) is 5.13 Å². The zero-order valence-electron chi connectivity index (χ0n) is 20.4. The van der Waals surface area contributed by atoms with Gasteiger partial charge in [-0.15, -0.1) is 0 Å². The molecule has 4 aromatic rings. The Morgan fingerprint density at radius 2 is 1.86 bits per heavy atom. The number of aliphatic hydroxyl groups is 1. The largest absolute Gasteiger partial charge is 0.507 e. The van der Waals surface area contributed by atoms with Crippen LogP contribution in [0.1, 0.15) is 43.0 Å². The molecular weight excluding hydrogens is 508 g/mol. The lowest BCUT2D eigenvalue weighted by atomic mass is 9.94. The second-order valence-corrected chi connectivity index (χ2v) is 10.2. The number of aromatic nitrogens is 1. The quantitative estimate of drug-likeness (QED) is 0.159. The molecule has 1 amide bonds. The molecule has 2 heterocycles. The first-order chi connectivity index (χ1) is 17.9. The molecule has 8 heteroatoms. The molecule has 1 saturated heterocycles. The molecule has 1 aliphatic rings. The summed E-state index contributed by atoms with van der Waals surface area (Å²) in [6, 6.07) is 19.1. The normalized spacial score (nSPS) is 17.1. The average Bonchev–Trinajstić information content (AvgIpc) is 3.44. The molecule has 1 atom stereocenters. The molecule has 188 valence electrons. The monoisotopic (exact) mass is 532 g/mol. The molecule has 6 nitrogen and oxygen atoms in total. The summed E-state index contributed by atoms with van der Waals surface area (Å²) in [6.45, 7) is 4.59. The number of fused-ring (bicyclic) bond motifs is 1. The van der Waals surface area contributed by atoms with Gasteiger partial charge in [-0.25, -0.2) is 4.98 Å². The minimum atomic E-state index is -0.845. The molecule has 0 bridgehead atoms. The number of aryl methyl sites for hydroxylation is 1. The zero-order chi connectivity index (χ0) is 26.1. The van der Waals surface area contributed by atoms with Gasteiger partial charge in [0.2, 0.25) is 0 Å². The number of amides is 1. The van der Waals surface area contributed by atoms with Gasteiger partial charge in [0.25, 0.3) is 5.78 Å². The van der Waals surface area contributed by atoms with Crippen LogP contribution in [-0.2, 0) is 16.0 Å². The summed E-state index contributed by atoms with van der Waals surface area (Å²) in [5.74, 6) is -1.18. The summed E-state index contributed by atoms with van der Waals surface area (Å²) in [5.41, 5.74) is 2.91. The van der Waals surface area contributed by atoms with Gasteiger partial charge >= 0.3 is 5.91 Å². The predicted molar refractivity (Wildman–Crippen MR) is 147 cm³/mol. The summed E-state index contributed by atoms with van der Waals surface area (Å²) in [4.78, 5) is 32.9. The number of ether oxygens (including phenoxy) is 1. The summed E-state index contributed by atoms with van der Waals surface area (Å²) in [7, 11) is 0. The third-order valence-corrected chi connectivity index (χ3v) is 7.53. The van der Waals surface area contributed by atoms with Crippen molar-refractivity contribution in [3.63, 3.8) is 0 Å². The number of aliphatic hydroxyl groups excluding tert-OH is 1. The third kappa shape index (κ3) is 4.72. The fraction of sp³-hybridized carbons (Fsp3) is 0.207. The van der Waals surface area contributed by atoms with Gasteiger partial charge in [-0.1, -0.05) is 73.2 Å². The van der Waals surface area contributed by atoms with Gasteiger partial charge in [-0.05, 0) is 54.3 Å². The Hall–Kier alpha value is -3.68. The molecule has 1 aliphatic heterocycles. The van der Waals surface area contributed by atoms with Crippen LogP contribution < -0.4 is 9.64 Å². The topological polar surface area (TPSA) is 79.7 Å². The number of ketones is 1. The van der Waals surface area contributed by atoms with Crippen LogP contribution in [-0.4, -0.2) is 28.4 Å². The first kappa shape index (κ1) is 25.0. The van der Waals surface area contributed by atoms with Crippen LogP contribution >= 0.6 is 22.9 Å². The number of halogens is 1. The predicted octanol–water partition coefficient (Wildman–Crippen LogP) is 6.93. The van der Waals surface area contributed by atoms with Crippen molar-refractivity contribution in [1.29, 1.82) is 0 Å². The SMILES string of the molecule is CCCOc1cccc(C(O)=C2C(=O)C(=O)N(c3nc4ccc(Cl)cc4s3)C2c2ccc(CC)cc2)c1. The van der Waals surface area contributed by atoms with Gasteiger partial charge in [0, 0.05) is 10.6 Å². The highest BCUT2D eigenvalue weighted by Gasteiger charge is 2.48. The maximum Gasteiger partial charge on any atom is 0.301 e. The van der Waals surface area contributed by atoms with E-state index in [-0.39, 0.29) is 11.3 Å². The summed E-state index contributed by atoms with van der Waals surface area (Å²) < 4.78 is 6.51. The molecule has 0 saturated carbocycles. The molecule has 0 radical (unpaired) electrons. The minimum Gasteiger partial charge on any atom is -0.507 e. The first-order valence-corrected chi connectivity index (χ1v) is 13.3. The number of hydrogen-bond acceptors (Lipinski definition) is 6. The molecule has 1 unspecified atom stereocenters. The lowest BCUT2D eigenvalue weighted by Gasteiger charge is -2.23. The molecule has 5 rings (SSSR count). The summed E-state index contributed by atoms with van der Waals surface area (Å²) in [5, 5.41) is 12.3. The van der Waals surface area contributed by atoms with Gasteiger partial charge in [-0.3, -0.25) is 14.5 Å². The fourth-order valence-electron chi connectivity index (χ4n) is 4.38. The molecule has 1 fully saturated rings. The summed E-state index contributed by atoms with van der Waals surface area (Å²) in [6.07, 6.45) is 1.69. The van der Waals surface area contributed by atoms with Crippen molar-refractivity contribution in [1.82, 2.24) is 4.98 Å². The Morgan fingerprint density at radius 1 is 1.08 bits per heavy atom. The number of hydrogen-bond donors (Lipinski definition) is 1. The van der Waals surface area contributed by atoms with Crippen LogP contribution in [0.2, 0.25) is 5.02 Å². The lowest BCUT2D eigenvalue weighted by molar-refractivity contribution is -0.132. The van der Waals surface area contributed by atoms with Crippen molar-refractivity contribution in [3.05, 3.63) is 94.0 Å². The zero-order valence-corrected chi connectivity index (χ0v) is 22.0. The van der Waals surface area contributed by atoms with E-state index >= 15 is 0 Å². The Morgan fingerprint density at radius 3 is 2.59 bits per heavy atom. The van der Waals surface area contributed by atoms with Crippen LogP contribution in [0.3, 0.4) is 0 Å². The minimum absolute atomic E-state index is 0.0131. The lowest BCUT2D eigenvalue weighted by Crippen LogP contribution is -2.29. The van der Waals surface area contributed by atoms with Gasteiger partial charge in [0.05, 0.1) is 28.4 Å². The molecule has 37 heavy (non-hydrogen) atoms. The van der Waals surface area contributed by atoms with Gasteiger partial charge in [0.1, 0.15) is 11.5 Å². The Kier molecular flexibility index (Phi) is 7.00. The van der Waals surface area contributed by atoms with Crippen LogP contribution in [0, 0.1) is 0 Å². The van der Waals surface area contributed by atoms with E-state index < -0.39 is 17.7 Å². The highest BCUT2D eigenvalue weighted by atomic mass is 35.5. The van der Waals surface area contributed by atoms with Crippen LogP contribution in [0.4, 0.5) is 5.13 Å². The first-order valence-electron chi connectivity index (χ1n) is 12.1. The van der Waals surface area contributed by atoms with E-state index in [0.29, 0.717) is 39.2 Å². The van der Waals surface area contributed by atoms with Gasteiger partial charge < -0.3 is 9.84 Å². The number of rotatable bonds is 7. The molecule has 3 aromatic carbocycles. The number of benzene rings is 3. The standard InChI is InChI=1S/C29H25ClN2O4S/c1-3-14-36-21-7-5-6-19(15-21)26(33)24-25(18-10-8-17(4-2)9-11-18)32(28(35)27(24)34)29-31-22-13-12-20(30)16-23(22)37-29/h5-13,15-16,25,33H,3-4,14H2,1-2H3. The molecule has 0 aliphatic carbocycles. The highest BCUT2D eigenvalue weighted by molar-refractivity contribution is 7.22. The number of thiazole rings is 1. The van der Waals surface area contributed by atoms with Crippen LogP contribution in [0.15, 0.2) is 72.3 Å². The second-order valence-electron chi connectivity index (χ2n) is 8.75. The van der Waals surface area contributed by atoms with Crippen molar-refractivity contribution in [3.8, 4) is 5.75 Å². The number of Topliss-reactive ketones (excluding diaryl/α,β-unsaturated/α-hetero) is 1.